The van der Waals surface area contributed by atoms with E-state index < -0.39 is 0 Å². The van der Waals surface area contributed by atoms with Gasteiger partial charge in [0, 0.05) is 31.2 Å². The van der Waals surface area contributed by atoms with E-state index in [-0.39, 0.29) is 24.3 Å². The average Bonchev–Trinajstić information content (AvgIpc) is 3.27. The van der Waals surface area contributed by atoms with Gasteiger partial charge in [0.05, 0.1) is 6.54 Å². The first-order chi connectivity index (χ1) is 15.7. The zero-order valence-corrected chi connectivity index (χ0v) is 17.9. The summed E-state index contributed by atoms with van der Waals surface area (Å²) in [5, 5.41) is 0. The fraction of sp³-hybridized carbons (Fsp3) is 0.375. The van der Waals surface area contributed by atoms with E-state index in [1.807, 2.05) is 42.5 Å². The number of para-hydroxylation sites is 3. The smallest absolute Gasteiger partial charge is 0.298 e. The van der Waals surface area contributed by atoms with Crippen LogP contribution >= 0.6 is 0 Å². The van der Waals surface area contributed by atoms with Gasteiger partial charge in [0.1, 0.15) is 5.52 Å². The number of fused-ring (bicyclic) bond motifs is 2. The van der Waals surface area contributed by atoms with Gasteiger partial charge < -0.3 is 14.2 Å². The van der Waals surface area contributed by atoms with Crippen LogP contribution in [0.4, 0.5) is 11.7 Å². The molecule has 2 aromatic carbocycles. The molecule has 2 N–H and O–H groups in total. The summed E-state index contributed by atoms with van der Waals surface area (Å²) in [6.45, 7) is 2.44. The highest BCUT2D eigenvalue weighted by Crippen LogP contribution is 2.27. The van der Waals surface area contributed by atoms with E-state index in [0.29, 0.717) is 31.9 Å². The number of anilines is 2. The molecule has 3 heterocycles. The Morgan fingerprint density at radius 3 is 2.62 bits per heavy atom. The second kappa shape index (κ2) is 8.90. The molecular weight excluding hydrogens is 406 g/mol. The Bertz CT molecular complexity index is 1090. The summed E-state index contributed by atoms with van der Waals surface area (Å²) in [4.78, 5) is 33.7. The third-order valence-electron chi connectivity index (χ3n) is 6.28. The van der Waals surface area contributed by atoms with Gasteiger partial charge in [-0.15, -0.1) is 0 Å². The summed E-state index contributed by atoms with van der Waals surface area (Å²) in [6.07, 6.45) is 3.42. The molecule has 1 saturated heterocycles. The largest absolute Gasteiger partial charge is 0.423 e. The lowest BCUT2D eigenvalue weighted by molar-refractivity contribution is -0.131. The van der Waals surface area contributed by atoms with Crippen LogP contribution < -0.4 is 20.7 Å². The molecule has 2 amide bonds. The van der Waals surface area contributed by atoms with Crippen LogP contribution in [0.5, 0.6) is 0 Å². The number of benzene rings is 2. The summed E-state index contributed by atoms with van der Waals surface area (Å²) < 4.78 is 5.83. The predicted octanol–water partition coefficient (Wildman–Crippen LogP) is 2.64. The number of carbonyl (C=O) groups is 2. The summed E-state index contributed by atoms with van der Waals surface area (Å²) in [6, 6.07) is 16.4. The Morgan fingerprint density at radius 1 is 1.00 bits per heavy atom. The highest BCUT2D eigenvalue weighted by atomic mass is 16.4. The van der Waals surface area contributed by atoms with Crippen LogP contribution in [0.1, 0.15) is 24.8 Å². The fourth-order valence-electron chi connectivity index (χ4n) is 4.55. The minimum Gasteiger partial charge on any atom is -0.423 e. The number of hydrogen-bond acceptors (Lipinski definition) is 6. The topological polar surface area (TPSA) is 90.7 Å². The third kappa shape index (κ3) is 4.26. The molecule has 0 atom stereocenters. The quantitative estimate of drug-likeness (QED) is 0.615. The SMILES string of the molecule is O=C(CN1CCCc2ccccc21)NNC(=O)C1CCN(c2nc3ccccc3o2)CC1. The van der Waals surface area contributed by atoms with Crippen LogP contribution in [0.25, 0.3) is 11.1 Å². The van der Waals surface area contributed by atoms with E-state index in [9.17, 15) is 9.59 Å². The normalized spacial score (nSPS) is 16.6. The van der Waals surface area contributed by atoms with E-state index in [1.54, 1.807) is 0 Å². The van der Waals surface area contributed by atoms with Crippen LogP contribution in [0, 0.1) is 5.92 Å². The zero-order chi connectivity index (χ0) is 21.9. The predicted molar refractivity (Wildman–Crippen MR) is 122 cm³/mol. The molecule has 0 spiro atoms. The number of aromatic nitrogens is 1. The molecule has 32 heavy (non-hydrogen) atoms. The molecular formula is C24H27N5O3. The van der Waals surface area contributed by atoms with Crippen molar-refractivity contribution in [2.24, 2.45) is 5.92 Å². The van der Waals surface area contributed by atoms with Crippen LogP contribution in [-0.4, -0.2) is 43.0 Å². The number of hydrogen-bond donors (Lipinski definition) is 2. The number of amides is 2. The zero-order valence-electron chi connectivity index (χ0n) is 17.9. The maximum absolute atomic E-state index is 12.6. The van der Waals surface area contributed by atoms with Gasteiger partial charge in [0.2, 0.25) is 5.91 Å². The molecule has 0 bridgehead atoms. The van der Waals surface area contributed by atoms with Crippen LogP contribution in [-0.2, 0) is 16.0 Å². The van der Waals surface area contributed by atoms with E-state index in [0.717, 1.165) is 36.2 Å². The van der Waals surface area contributed by atoms with Crippen molar-refractivity contribution in [3.8, 4) is 0 Å². The first-order valence-electron chi connectivity index (χ1n) is 11.2. The van der Waals surface area contributed by atoms with Crippen molar-refractivity contribution in [2.75, 3.05) is 36.0 Å². The van der Waals surface area contributed by atoms with Crippen molar-refractivity contribution in [1.29, 1.82) is 0 Å². The lowest BCUT2D eigenvalue weighted by atomic mass is 9.96. The highest BCUT2D eigenvalue weighted by Gasteiger charge is 2.27. The summed E-state index contributed by atoms with van der Waals surface area (Å²) >= 11 is 0. The number of carbonyl (C=O) groups excluding carboxylic acids is 2. The van der Waals surface area contributed by atoms with Gasteiger partial charge >= 0.3 is 0 Å². The molecule has 8 heteroatoms. The van der Waals surface area contributed by atoms with Gasteiger partial charge in [-0.3, -0.25) is 20.4 Å². The molecule has 5 rings (SSSR count). The maximum Gasteiger partial charge on any atom is 0.298 e. The Hall–Kier alpha value is -3.55. The number of nitrogens with zero attached hydrogens (tertiary/aromatic N) is 3. The number of hydrazine groups is 1. The van der Waals surface area contributed by atoms with Gasteiger partial charge in [-0.2, -0.15) is 4.98 Å². The summed E-state index contributed by atoms with van der Waals surface area (Å²) in [7, 11) is 0. The molecule has 0 saturated carbocycles. The number of oxazole rings is 1. The van der Waals surface area contributed by atoms with E-state index >= 15 is 0 Å². The molecule has 0 radical (unpaired) electrons. The molecule has 166 valence electrons. The molecule has 1 aromatic heterocycles. The molecule has 0 aliphatic carbocycles. The van der Waals surface area contributed by atoms with E-state index in [2.05, 4.69) is 31.7 Å². The Kier molecular flexibility index (Phi) is 5.66. The highest BCUT2D eigenvalue weighted by molar-refractivity contribution is 5.86. The van der Waals surface area contributed by atoms with Crippen molar-refractivity contribution in [2.45, 2.75) is 25.7 Å². The minimum absolute atomic E-state index is 0.144. The number of aryl methyl sites for hydroxylation is 1. The van der Waals surface area contributed by atoms with E-state index in [1.165, 1.54) is 5.56 Å². The maximum atomic E-state index is 12.6. The van der Waals surface area contributed by atoms with Crippen LogP contribution in [0.3, 0.4) is 0 Å². The summed E-state index contributed by atoms with van der Waals surface area (Å²) in [5.74, 6) is -0.500. The molecule has 3 aromatic rings. The fourth-order valence-corrected chi connectivity index (χ4v) is 4.55. The van der Waals surface area contributed by atoms with Crippen LogP contribution in [0.2, 0.25) is 0 Å². The Morgan fingerprint density at radius 2 is 1.78 bits per heavy atom. The van der Waals surface area contributed by atoms with Crippen LogP contribution in [0.15, 0.2) is 52.9 Å². The van der Waals surface area contributed by atoms with Crippen molar-refractivity contribution in [3.05, 3.63) is 54.1 Å². The second-order valence-electron chi connectivity index (χ2n) is 8.42. The lowest BCUT2D eigenvalue weighted by Crippen LogP contribution is -2.50. The second-order valence-corrected chi connectivity index (χ2v) is 8.42. The molecule has 2 aliphatic rings. The molecule has 0 unspecified atom stereocenters. The molecule has 2 aliphatic heterocycles. The van der Waals surface area contributed by atoms with Gasteiger partial charge in [0.25, 0.3) is 11.9 Å². The minimum atomic E-state index is -0.209. The van der Waals surface area contributed by atoms with Gasteiger partial charge in [-0.25, -0.2) is 0 Å². The lowest BCUT2D eigenvalue weighted by Gasteiger charge is -2.31. The summed E-state index contributed by atoms with van der Waals surface area (Å²) in [5.41, 5.74) is 9.18. The van der Waals surface area contributed by atoms with Crippen molar-refractivity contribution in [1.82, 2.24) is 15.8 Å². The molecule has 8 nitrogen and oxygen atoms in total. The Balaban J connectivity index is 1.10. The first kappa shape index (κ1) is 20.4. The third-order valence-corrected chi connectivity index (χ3v) is 6.28. The number of piperidine rings is 1. The number of nitrogens with one attached hydrogen (secondary N) is 2. The van der Waals surface area contributed by atoms with Gasteiger partial charge in [-0.1, -0.05) is 30.3 Å². The van der Waals surface area contributed by atoms with Crippen molar-refractivity contribution >= 4 is 34.6 Å². The van der Waals surface area contributed by atoms with Gasteiger partial charge in [0.15, 0.2) is 5.58 Å². The monoisotopic (exact) mass is 433 g/mol. The average molecular weight is 434 g/mol. The molecule has 1 fully saturated rings. The van der Waals surface area contributed by atoms with Crippen molar-refractivity contribution in [3.63, 3.8) is 0 Å². The Labute approximate surface area is 186 Å². The van der Waals surface area contributed by atoms with Crippen molar-refractivity contribution < 1.29 is 14.0 Å². The standard InChI is InChI=1S/C24H27N5O3/c30-22(16-29-13-5-7-17-6-1-3-9-20(17)29)26-27-23(31)18-11-14-28(15-12-18)24-25-19-8-2-4-10-21(19)32-24/h1-4,6,8-10,18H,5,7,11-16H2,(H,26,30)(H,27,31). The van der Waals surface area contributed by atoms with Gasteiger partial charge in [-0.05, 0) is 49.4 Å². The van der Waals surface area contributed by atoms with E-state index in [4.69, 9.17) is 4.42 Å². The number of rotatable bonds is 4. The first-order valence-corrected chi connectivity index (χ1v) is 11.2.